The molecule has 3 rings (SSSR count). The minimum atomic E-state index is -3.47. The van der Waals surface area contributed by atoms with E-state index in [-0.39, 0.29) is 18.5 Å². The standard InChI is InChI=1S/C17H23N3O3S/c18-17(21)12-20-9-7-15(8-10-20)19-24(22,23)16-6-5-13-3-1-2-4-14(13)11-16/h1-4,11,15,19H,5-10,12H2,(H2,18,21). The van der Waals surface area contributed by atoms with Gasteiger partial charge in [0, 0.05) is 19.1 Å². The van der Waals surface area contributed by atoms with Gasteiger partial charge in [-0.3, -0.25) is 9.69 Å². The summed E-state index contributed by atoms with van der Waals surface area (Å²) < 4.78 is 28.1. The molecule has 1 fully saturated rings. The smallest absolute Gasteiger partial charge is 0.236 e. The Morgan fingerprint density at radius 1 is 1.21 bits per heavy atom. The summed E-state index contributed by atoms with van der Waals surface area (Å²) in [6.07, 6.45) is 4.45. The maximum absolute atomic E-state index is 12.7. The molecule has 1 aromatic rings. The number of likely N-dealkylation sites (tertiary alicyclic amines) is 1. The zero-order chi connectivity index (χ0) is 17.2. The van der Waals surface area contributed by atoms with Crippen LogP contribution in [0.2, 0.25) is 0 Å². The Bertz CT molecular complexity index is 750. The zero-order valence-corrected chi connectivity index (χ0v) is 14.4. The lowest BCUT2D eigenvalue weighted by Gasteiger charge is -2.31. The number of allylic oxidation sites excluding steroid dienone is 1. The fraction of sp³-hybridized carbons (Fsp3) is 0.471. The van der Waals surface area contributed by atoms with E-state index in [1.54, 1.807) is 6.08 Å². The number of benzene rings is 1. The van der Waals surface area contributed by atoms with Crippen molar-refractivity contribution in [3.05, 3.63) is 40.3 Å². The van der Waals surface area contributed by atoms with Crippen LogP contribution in [-0.2, 0) is 21.2 Å². The summed E-state index contributed by atoms with van der Waals surface area (Å²) in [7, 11) is -3.47. The molecule has 1 saturated heterocycles. The van der Waals surface area contributed by atoms with Crippen LogP contribution in [0.5, 0.6) is 0 Å². The Kier molecular flexibility index (Phi) is 5.03. The number of nitrogens with two attached hydrogens (primary N) is 1. The molecule has 1 heterocycles. The Morgan fingerprint density at radius 3 is 2.62 bits per heavy atom. The van der Waals surface area contributed by atoms with Crippen molar-refractivity contribution in [3.63, 3.8) is 0 Å². The van der Waals surface area contributed by atoms with E-state index in [0.29, 0.717) is 37.3 Å². The first-order valence-electron chi connectivity index (χ1n) is 8.25. The molecule has 0 unspecified atom stereocenters. The predicted octanol–water partition coefficient (Wildman–Crippen LogP) is 0.843. The Labute approximate surface area is 142 Å². The summed E-state index contributed by atoms with van der Waals surface area (Å²) >= 11 is 0. The van der Waals surface area contributed by atoms with Crippen LogP contribution < -0.4 is 10.5 Å². The Balaban J connectivity index is 1.63. The van der Waals surface area contributed by atoms with Crippen LogP contribution in [0.3, 0.4) is 0 Å². The van der Waals surface area contributed by atoms with Crippen molar-refractivity contribution in [1.82, 2.24) is 9.62 Å². The number of nitrogens with one attached hydrogen (secondary N) is 1. The fourth-order valence-electron chi connectivity index (χ4n) is 3.34. The molecule has 0 saturated carbocycles. The molecule has 6 nitrogen and oxygen atoms in total. The SMILES string of the molecule is NC(=O)CN1CCC(NS(=O)(=O)C2=Cc3ccccc3CC2)CC1. The number of fused-ring (bicyclic) bond motifs is 1. The number of piperidine rings is 1. The zero-order valence-electron chi connectivity index (χ0n) is 13.6. The minimum Gasteiger partial charge on any atom is -0.369 e. The van der Waals surface area contributed by atoms with E-state index in [4.69, 9.17) is 5.73 Å². The van der Waals surface area contributed by atoms with Crippen molar-refractivity contribution < 1.29 is 13.2 Å². The molecule has 24 heavy (non-hydrogen) atoms. The molecule has 0 atom stereocenters. The van der Waals surface area contributed by atoms with E-state index >= 15 is 0 Å². The van der Waals surface area contributed by atoms with Gasteiger partial charge in [0.2, 0.25) is 15.9 Å². The lowest BCUT2D eigenvalue weighted by atomic mass is 9.98. The van der Waals surface area contributed by atoms with Crippen LogP contribution in [0.4, 0.5) is 0 Å². The monoisotopic (exact) mass is 349 g/mol. The van der Waals surface area contributed by atoms with E-state index in [9.17, 15) is 13.2 Å². The van der Waals surface area contributed by atoms with Gasteiger partial charge in [0.05, 0.1) is 11.4 Å². The molecule has 1 aromatic carbocycles. The number of primary amides is 1. The van der Waals surface area contributed by atoms with Gasteiger partial charge in [-0.15, -0.1) is 0 Å². The van der Waals surface area contributed by atoms with E-state index < -0.39 is 10.0 Å². The average molecular weight is 349 g/mol. The summed E-state index contributed by atoms with van der Waals surface area (Å²) in [5.41, 5.74) is 7.37. The van der Waals surface area contributed by atoms with Crippen molar-refractivity contribution in [1.29, 1.82) is 0 Å². The number of rotatable bonds is 5. The summed E-state index contributed by atoms with van der Waals surface area (Å²) in [5.74, 6) is -0.347. The first kappa shape index (κ1) is 17.1. The molecule has 130 valence electrons. The Hall–Kier alpha value is -1.70. The van der Waals surface area contributed by atoms with Crippen molar-refractivity contribution in [2.75, 3.05) is 19.6 Å². The molecular formula is C17H23N3O3S. The third-order valence-electron chi connectivity index (χ3n) is 4.65. The second-order valence-corrected chi connectivity index (χ2v) is 8.21. The number of nitrogens with zero attached hydrogens (tertiary/aromatic N) is 1. The molecule has 1 amide bonds. The van der Waals surface area contributed by atoms with Gasteiger partial charge in [-0.2, -0.15) is 0 Å². The number of aryl methyl sites for hydroxylation is 1. The van der Waals surface area contributed by atoms with Gasteiger partial charge < -0.3 is 5.73 Å². The van der Waals surface area contributed by atoms with E-state index in [2.05, 4.69) is 4.72 Å². The molecule has 2 aliphatic rings. The molecule has 0 bridgehead atoms. The lowest BCUT2D eigenvalue weighted by molar-refractivity contribution is -0.119. The number of amides is 1. The predicted molar refractivity (Wildman–Crippen MR) is 93.5 cm³/mol. The van der Waals surface area contributed by atoms with Crippen LogP contribution in [0.1, 0.15) is 30.4 Å². The topological polar surface area (TPSA) is 92.5 Å². The highest BCUT2D eigenvalue weighted by atomic mass is 32.2. The Morgan fingerprint density at radius 2 is 1.92 bits per heavy atom. The maximum atomic E-state index is 12.7. The van der Waals surface area contributed by atoms with E-state index in [1.165, 1.54) is 5.56 Å². The lowest BCUT2D eigenvalue weighted by Crippen LogP contribution is -2.46. The number of hydrogen-bond acceptors (Lipinski definition) is 4. The van der Waals surface area contributed by atoms with E-state index in [1.807, 2.05) is 29.2 Å². The number of hydrogen-bond donors (Lipinski definition) is 2. The first-order valence-corrected chi connectivity index (χ1v) is 9.74. The quantitative estimate of drug-likeness (QED) is 0.824. The van der Waals surface area contributed by atoms with Crippen LogP contribution in [0, 0.1) is 0 Å². The van der Waals surface area contributed by atoms with E-state index in [0.717, 1.165) is 12.0 Å². The van der Waals surface area contributed by atoms with Crippen molar-refractivity contribution >= 4 is 22.0 Å². The fourth-order valence-corrected chi connectivity index (χ4v) is 4.82. The summed E-state index contributed by atoms with van der Waals surface area (Å²) in [6.45, 7) is 1.59. The molecular weight excluding hydrogens is 326 g/mol. The third-order valence-corrected chi connectivity index (χ3v) is 6.30. The first-order chi connectivity index (χ1) is 11.4. The van der Waals surface area contributed by atoms with Gasteiger partial charge in [0.25, 0.3) is 0 Å². The van der Waals surface area contributed by atoms with Crippen LogP contribution in [-0.4, -0.2) is 44.9 Å². The van der Waals surface area contributed by atoms with Gasteiger partial charge in [-0.05, 0) is 42.9 Å². The second-order valence-electron chi connectivity index (χ2n) is 6.45. The maximum Gasteiger partial charge on any atom is 0.236 e. The van der Waals surface area contributed by atoms with Crippen LogP contribution in [0.15, 0.2) is 29.2 Å². The average Bonchev–Trinajstić information content (AvgIpc) is 2.55. The summed E-state index contributed by atoms with van der Waals surface area (Å²) in [6, 6.07) is 7.80. The largest absolute Gasteiger partial charge is 0.369 e. The molecule has 1 aliphatic carbocycles. The highest BCUT2D eigenvalue weighted by molar-refractivity contribution is 7.93. The molecule has 1 aliphatic heterocycles. The molecule has 7 heteroatoms. The highest BCUT2D eigenvalue weighted by Crippen LogP contribution is 2.27. The van der Waals surface area contributed by atoms with Crippen molar-refractivity contribution in [2.45, 2.75) is 31.7 Å². The molecule has 0 aromatic heterocycles. The number of carbonyl (C=O) groups is 1. The molecule has 0 radical (unpaired) electrons. The summed E-state index contributed by atoms with van der Waals surface area (Å²) in [4.78, 5) is 13.4. The van der Waals surface area contributed by atoms with Crippen LogP contribution in [0.25, 0.3) is 6.08 Å². The van der Waals surface area contributed by atoms with Crippen LogP contribution >= 0.6 is 0 Å². The van der Waals surface area contributed by atoms with Crippen molar-refractivity contribution in [3.8, 4) is 0 Å². The minimum absolute atomic E-state index is 0.0859. The van der Waals surface area contributed by atoms with Gasteiger partial charge in [0.15, 0.2) is 0 Å². The van der Waals surface area contributed by atoms with Gasteiger partial charge >= 0.3 is 0 Å². The highest BCUT2D eigenvalue weighted by Gasteiger charge is 2.27. The summed E-state index contributed by atoms with van der Waals surface area (Å²) in [5, 5.41) is 0. The normalized spacial score (nSPS) is 19.6. The second kappa shape index (κ2) is 7.04. The van der Waals surface area contributed by atoms with Gasteiger partial charge in [-0.1, -0.05) is 24.3 Å². The number of sulfonamides is 1. The van der Waals surface area contributed by atoms with Gasteiger partial charge in [-0.25, -0.2) is 13.1 Å². The molecule has 3 N–H and O–H groups in total. The van der Waals surface area contributed by atoms with Crippen molar-refractivity contribution in [2.24, 2.45) is 5.73 Å². The number of carbonyl (C=O) groups excluding carboxylic acids is 1. The molecule has 0 spiro atoms. The van der Waals surface area contributed by atoms with Gasteiger partial charge in [0.1, 0.15) is 0 Å². The third kappa shape index (κ3) is 4.03.